The van der Waals surface area contributed by atoms with Gasteiger partial charge in [-0.25, -0.2) is 13.4 Å². The summed E-state index contributed by atoms with van der Waals surface area (Å²) in [7, 11) is -2.00. The van der Waals surface area contributed by atoms with Crippen LogP contribution in [-0.2, 0) is 17.1 Å². The molecule has 0 aliphatic carbocycles. The predicted molar refractivity (Wildman–Crippen MR) is 75.1 cm³/mol. The lowest BCUT2D eigenvalue weighted by Crippen LogP contribution is -2.36. The molecule has 20 heavy (non-hydrogen) atoms. The monoisotopic (exact) mass is 322 g/mol. The van der Waals surface area contributed by atoms with Crippen molar-refractivity contribution >= 4 is 21.6 Å². The van der Waals surface area contributed by atoms with Crippen LogP contribution in [0.25, 0.3) is 0 Å². The minimum atomic E-state index is -3.65. The molecule has 1 aromatic rings. The summed E-state index contributed by atoms with van der Waals surface area (Å²) in [5.41, 5.74) is 0. The van der Waals surface area contributed by atoms with Gasteiger partial charge in [-0.05, 0) is 13.0 Å². The number of aromatic nitrogens is 2. The van der Waals surface area contributed by atoms with Gasteiger partial charge in [0.25, 0.3) is 10.0 Å². The van der Waals surface area contributed by atoms with E-state index in [9.17, 15) is 8.42 Å². The van der Waals surface area contributed by atoms with Gasteiger partial charge in [0.15, 0.2) is 0 Å². The zero-order valence-corrected chi connectivity index (χ0v) is 12.9. The van der Waals surface area contributed by atoms with Gasteiger partial charge in [-0.1, -0.05) is 11.6 Å². The number of β-amino-alcohol motifs (C(OH)–C–C–N with tert-alkyl or cyclic N) is 1. The van der Waals surface area contributed by atoms with E-state index in [0.717, 1.165) is 13.0 Å². The number of aliphatic hydroxyl groups excluding tert-OH is 1. The summed E-state index contributed by atoms with van der Waals surface area (Å²) in [5.74, 6) is 0. The van der Waals surface area contributed by atoms with Gasteiger partial charge in [0.1, 0.15) is 5.15 Å². The Kier molecular flexibility index (Phi) is 5.03. The van der Waals surface area contributed by atoms with Crippen molar-refractivity contribution in [3.8, 4) is 0 Å². The summed E-state index contributed by atoms with van der Waals surface area (Å²) < 4.78 is 28.0. The quantitative estimate of drug-likeness (QED) is 0.828. The molecule has 0 radical (unpaired) electrons. The fourth-order valence-corrected chi connectivity index (χ4v) is 4.10. The molecule has 0 aromatic carbocycles. The van der Waals surface area contributed by atoms with E-state index in [1.54, 1.807) is 7.05 Å². The number of imidazole rings is 1. The van der Waals surface area contributed by atoms with E-state index in [-0.39, 0.29) is 16.8 Å². The molecular weight excluding hydrogens is 304 g/mol. The minimum absolute atomic E-state index is 0.0822. The summed E-state index contributed by atoms with van der Waals surface area (Å²) in [6.45, 7) is 2.86. The lowest BCUT2D eigenvalue weighted by atomic mass is 10.4. The minimum Gasteiger partial charge on any atom is -0.395 e. The number of hydrogen-bond acceptors (Lipinski definition) is 5. The first-order valence-electron chi connectivity index (χ1n) is 6.47. The standard InChI is InChI=1S/C11H19ClN4O3S/c1-14-9-13-11(10(14)12)20(18,19)16-4-2-3-15(5-6-16)7-8-17/h9,17H,2-8H2,1H3. The van der Waals surface area contributed by atoms with Gasteiger partial charge >= 0.3 is 0 Å². The van der Waals surface area contributed by atoms with Crippen molar-refractivity contribution in [2.75, 3.05) is 39.3 Å². The fraction of sp³-hybridized carbons (Fsp3) is 0.727. The Morgan fingerprint density at radius 2 is 2.10 bits per heavy atom. The lowest BCUT2D eigenvalue weighted by Gasteiger charge is -2.20. The van der Waals surface area contributed by atoms with Crippen LogP contribution in [0.5, 0.6) is 0 Å². The molecule has 2 heterocycles. The molecule has 2 rings (SSSR count). The number of nitrogens with zero attached hydrogens (tertiary/aromatic N) is 4. The molecule has 0 unspecified atom stereocenters. The number of aryl methyl sites for hydroxylation is 1. The van der Waals surface area contributed by atoms with E-state index >= 15 is 0 Å². The molecule has 1 saturated heterocycles. The molecule has 0 atom stereocenters. The normalized spacial score (nSPS) is 19.1. The van der Waals surface area contributed by atoms with E-state index in [0.29, 0.717) is 26.2 Å². The number of hydrogen-bond donors (Lipinski definition) is 1. The highest BCUT2D eigenvalue weighted by atomic mass is 35.5. The molecule has 9 heteroatoms. The van der Waals surface area contributed by atoms with Crippen LogP contribution in [0.2, 0.25) is 5.15 Å². The second-order valence-corrected chi connectivity index (χ2v) is 6.99. The SMILES string of the molecule is Cn1cnc(S(=O)(=O)N2CCCN(CCO)CC2)c1Cl. The van der Waals surface area contributed by atoms with E-state index in [2.05, 4.69) is 9.88 Å². The first-order valence-corrected chi connectivity index (χ1v) is 8.29. The Bertz CT molecular complexity index is 560. The highest BCUT2D eigenvalue weighted by Crippen LogP contribution is 2.23. The molecule has 1 fully saturated rings. The average Bonchev–Trinajstić information content (AvgIpc) is 2.63. The van der Waals surface area contributed by atoms with E-state index in [1.165, 1.54) is 15.2 Å². The summed E-state index contributed by atoms with van der Waals surface area (Å²) in [4.78, 5) is 5.95. The van der Waals surface area contributed by atoms with Gasteiger partial charge < -0.3 is 9.67 Å². The Morgan fingerprint density at radius 3 is 2.70 bits per heavy atom. The zero-order valence-electron chi connectivity index (χ0n) is 11.4. The Morgan fingerprint density at radius 1 is 1.35 bits per heavy atom. The predicted octanol–water partition coefficient (Wildman–Crippen LogP) is -0.238. The number of halogens is 1. The van der Waals surface area contributed by atoms with E-state index in [1.807, 2.05) is 0 Å². The third-order valence-electron chi connectivity index (χ3n) is 3.38. The third kappa shape index (κ3) is 3.15. The van der Waals surface area contributed by atoms with Gasteiger partial charge in [-0.2, -0.15) is 4.31 Å². The maximum absolute atomic E-state index is 12.5. The zero-order chi connectivity index (χ0) is 14.8. The molecule has 7 nitrogen and oxygen atoms in total. The highest BCUT2D eigenvalue weighted by molar-refractivity contribution is 7.89. The van der Waals surface area contributed by atoms with Crippen LogP contribution >= 0.6 is 11.6 Å². The van der Waals surface area contributed by atoms with Crippen molar-refractivity contribution in [2.45, 2.75) is 11.4 Å². The Labute approximate surface area is 123 Å². The molecule has 1 aliphatic rings. The maximum Gasteiger partial charge on any atom is 0.263 e. The van der Waals surface area contributed by atoms with Crippen molar-refractivity contribution < 1.29 is 13.5 Å². The Hall–Kier alpha value is -0.670. The largest absolute Gasteiger partial charge is 0.395 e. The van der Waals surface area contributed by atoms with Gasteiger partial charge in [0, 0.05) is 33.2 Å². The molecule has 1 aromatic heterocycles. The third-order valence-corrected chi connectivity index (χ3v) is 5.77. The molecule has 0 bridgehead atoms. The molecular formula is C11H19ClN4O3S. The maximum atomic E-state index is 12.5. The molecule has 114 valence electrons. The van der Waals surface area contributed by atoms with Gasteiger partial charge in [-0.3, -0.25) is 4.90 Å². The summed E-state index contributed by atoms with van der Waals surface area (Å²) >= 11 is 5.98. The van der Waals surface area contributed by atoms with Crippen LogP contribution in [0.15, 0.2) is 11.4 Å². The highest BCUT2D eigenvalue weighted by Gasteiger charge is 2.31. The van der Waals surface area contributed by atoms with Crippen LogP contribution in [0.4, 0.5) is 0 Å². The summed E-state index contributed by atoms with van der Waals surface area (Å²) in [6, 6.07) is 0. The number of sulfonamides is 1. The number of aliphatic hydroxyl groups is 1. The van der Waals surface area contributed by atoms with E-state index < -0.39 is 10.0 Å². The van der Waals surface area contributed by atoms with Crippen molar-refractivity contribution in [1.29, 1.82) is 0 Å². The van der Waals surface area contributed by atoms with Crippen LogP contribution in [-0.4, -0.2) is 71.6 Å². The second-order valence-electron chi connectivity index (χ2n) is 4.77. The Balaban J connectivity index is 2.16. The molecule has 0 saturated carbocycles. The van der Waals surface area contributed by atoms with Crippen LogP contribution < -0.4 is 0 Å². The smallest absolute Gasteiger partial charge is 0.263 e. The fourth-order valence-electron chi connectivity index (χ4n) is 2.24. The van der Waals surface area contributed by atoms with Crippen molar-refractivity contribution in [2.24, 2.45) is 7.05 Å². The first-order chi connectivity index (χ1) is 9.46. The van der Waals surface area contributed by atoms with Gasteiger partial charge in [0.2, 0.25) is 5.03 Å². The van der Waals surface area contributed by atoms with Crippen LogP contribution in [0.3, 0.4) is 0 Å². The second kappa shape index (κ2) is 6.40. The molecule has 0 spiro atoms. The summed E-state index contributed by atoms with van der Waals surface area (Å²) in [6.07, 6.45) is 2.12. The average molecular weight is 323 g/mol. The lowest BCUT2D eigenvalue weighted by molar-refractivity contribution is 0.202. The number of rotatable bonds is 4. The van der Waals surface area contributed by atoms with E-state index in [4.69, 9.17) is 16.7 Å². The topological polar surface area (TPSA) is 78.7 Å². The molecule has 1 aliphatic heterocycles. The van der Waals surface area contributed by atoms with Gasteiger partial charge in [-0.15, -0.1) is 0 Å². The molecule has 1 N–H and O–H groups in total. The van der Waals surface area contributed by atoms with Crippen molar-refractivity contribution in [3.63, 3.8) is 0 Å². The molecule has 0 amide bonds. The van der Waals surface area contributed by atoms with Crippen molar-refractivity contribution in [3.05, 3.63) is 11.5 Å². The van der Waals surface area contributed by atoms with Gasteiger partial charge in [0.05, 0.1) is 12.9 Å². The van der Waals surface area contributed by atoms with Crippen molar-refractivity contribution in [1.82, 2.24) is 18.8 Å². The van der Waals surface area contributed by atoms with Crippen LogP contribution in [0.1, 0.15) is 6.42 Å². The first kappa shape index (κ1) is 15.7. The summed E-state index contributed by atoms with van der Waals surface area (Å²) in [5, 5.41) is 8.99. The van der Waals surface area contributed by atoms with Crippen LogP contribution in [0, 0.1) is 0 Å².